The van der Waals surface area contributed by atoms with E-state index in [2.05, 4.69) is 0 Å². The number of aryl methyl sites for hydroxylation is 2. The fourth-order valence-electron chi connectivity index (χ4n) is 2.50. The number of rotatable bonds is 0. The molecule has 2 aromatic rings. The Hall–Kier alpha value is -2.36. The summed E-state index contributed by atoms with van der Waals surface area (Å²) in [5.41, 5.74) is 3.03. The van der Waals surface area contributed by atoms with Crippen LogP contribution < -0.4 is 0 Å². The molecule has 18 heavy (non-hydrogen) atoms. The molecule has 1 aliphatic carbocycles. The minimum absolute atomic E-state index is 0.180. The van der Waals surface area contributed by atoms with Crippen molar-refractivity contribution in [1.29, 1.82) is 0 Å². The fraction of sp³-hybridized carbons (Fsp3) is 0.143. The lowest BCUT2D eigenvalue weighted by Crippen LogP contribution is -2.04. The van der Waals surface area contributed by atoms with E-state index in [1.165, 1.54) is 12.1 Å². The third kappa shape index (κ3) is 1.39. The van der Waals surface area contributed by atoms with Crippen LogP contribution in [0.5, 0.6) is 23.0 Å². The van der Waals surface area contributed by atoms with Gasteiger partial charge in [-0.15, -0.1) is 0 Å². The summed E-state index contributed by atoms with van der Waals surface area (Å²) < 4.78 is 0. The molecule has 4 heteroatoms. The molecule has 4 nitrogen and oxygen atoms in total. The van der Waals surface area contributed by atoms with Crippen LogP contribution in [0.4, 0.5) is 0 Å². The highest BCUT2D eigenvalue weighted by atomic mass is 16.3. The van der Waals surface area contributed by atoms with Crippen molar-refractivity contribution in [3.63, 3.8) is 0 Å². The molecule has 2 aromatic carbocycles. The van der Waals surface area contributed by atoms with E-state index >= 15 is 0 Å². The molecule has 0 amide bonds. The van der Waals surface area contributed by atoms with Crippen molar-refractivity contribution in [2.45, 2.75) is 12.8 Å². The standard InChI is InChI=1S/C14H12O4/c15-9-3-4-10-7(5-9)1-2-8-6-11(16)13(17)14(18)12(8)10/h3-6,15-18H,1-2H2. The molecule has 0 atom stereocenters. The lowest BCUT2D eigenvalue weighted by Gasteiger charge is -2.21. The summed E-state index contributed by atoms with van der Waals surface area (Å²) in [5, 5.41) is 38.5. The number of fused-ring (bicyclic) bond motifs is 3. The van der Waals surface area contributed by atoms with Gasteiger partial charge in [0.2, 0.25) is 5.75 Å². The van der Waals surface area contributed by atoms with Crippen LogP contribution in [0.25, 0.3) is 11.1 Å². The Morgan fingerprint density at radius 3 is 2.28 bits per heavy atom. The van der Waals surface area contributed by atoms with Crippen molar-refractivity contribution in [2.24, 2.45) is 0 Å². The summed E-state index contributed by atoms with van der Waals surface area (Å²) >= 11 is 0. The van der Waals surface area contributed by atoms with Gasteiger partial charge >= 0.3 is 0 Å². The second kappa shape index (κ2) is 3.57. The highest BCUT2D eigenvalue weighted by molar-refractivity contribution is 5.82. The van der Waals surface area contributed by atoms with E-state index in [0.717, 1.165) is 23.1 Å². The van der Waals surface area contributed by atoms with Gasteiger partial charge in [-0.05, 0) is 47.7 Å². The number of phenolic OH excluding ortho intramolecular Hbond substituents is 4. The monoisotopic (exact) mass is 244 g/mol. The van der Waals surface area contributed by atoms with Gasteiger partial charge in [0.25, 0.3) is 0 Å². The lowest BCUT2D eigenvalue weighted by atomic mass is 9.84. The first-order chi connectivity index (χ1) is 8.58. The molecule has 92 valence electrons. The fourth-order valence-corrected chi connectivity index (χ4v) is 2.50. The summed E-state index contributed by atoms with van der Waals surface area (Å²) in [6.45, 7) is 0. The average molecular weight is 244 g/mol. The van der Waals surface area contributed by atoms with Gasteiger partial charge in [-0.3, -0.25) is 0 Å². The van der Waals surface area contributed by atoms with Gasteiger partial charge in [-0.2, -0.15) is 0 Å². The van der Waals surface area contributed by atoms with Crippen LogP contribution in [0.15, 0.2) is 24.3 Å². The van der Waals surface area contributed by atoms with E-state index in [1.54, 1.807) is 12.1 Å². The van der Waals surface area contributed by atoms with Crippen LogP contribution >= 0.6 is 0 Å². The van der Waals surface area contributed by atoms with Crippen molar-refractivity contribution in [2.75, 3.05) is 0 Å². The van der Waals surface area contributed by atoms with Crippen LogP contribution in [-0.2, 0) is 12.8 Å². The third-order valence-electron chi connectivity index (χ3n) is 3.36. The van der Waals surface area contributed by atoms with Crippen molar-refractivity contribution in [3.05, 3.63) is 35.4 Å². The molecule has 0 aliphatic heterocycles. The summed E-state index contributed by atoms with van der Waals surface area (Å²) in [7, 11) is 0. The van der Waals surface area contributed by atoms with Crippen LogP contribution in [0.1, 0.15) is 11.1 Å². The quantitative estimate of drug-likeness (QED) is 0.536. The molecular weight excluding hydrogens is 232 g/mol. The van der Waals surface area contributed by atoms with Crippen molar-refractivity contribution in [1.82, 2.24) is 0 Å². The first kappa shape index (κ1) is 10.8. The van der Waals surface area contributed by atoms with Crippen LogP contribution in [0.2, 0.25) is 0 Å². The highest BCUT2D eigenvalue weighted by Crippen LogP contribution is 2.48. The van der Waals surface area contributed by atoms with Gasteiger partial charge in [0.05, 0.1) is 0 Å². The molecule has 0 spiro atoms. The van der Waals surface area contributed by atoms with Gasteiger partial charge in [0.15, 0.2) is 11.5 Å². The zero-order chi connectivity index (χ0) is 12.9. The SMILES string of the molecule is Oc1ccc2c(c1)CCc1cc(O)c(O)c(O)c1-2. The Bertz CT molecular complexity index is 647. The molecule has 0 radical (unpaired) electrons. The van der Waals surface area contributed by atoms with Gasteiger partial charge < -0.3 is 20.4 Å². The van der Waals surface area contributed by atoms with Crippen molar-refractivity contribution >= 4 is 0 Å². The largest absolute Gasteiger partial charge is 0.508 e. The Balaban J connectivity index is 2.33. The van der Waals surface area contributed by atoms with E-state index < -0.39 is 5.75 Å². The summed E-state index contributed by atoms with van der Waals surface area (Å²) in [6, 6.07) is 6.37. The van der Waals surface area contributed by atoms with E-state index in [1.807, 2.05) is 0 Å². The zero-order valence-electron chi connectivity index (χ0n) is 9.51. The summed E-state index contributed by atoms with van der Waals surface area (Å²) in [6.07, 6.45) is 1.37. The summed E-state index contributed by atoms with van der Waals surface area (Å²) in [4.78, 5) is 0. The number of benzene rings is 2. The Labute approximate surface area is 103 Å². The molecule has 0 saturated heterocycles. The average Bonchev–Trinajstić information content (AvgIpc) is 2.35. The van der Waals surface area contributed by atoms with Gasteiger partial charge in [0.1, 0.15) is 5.75 Å². The van der Waals surface area contributed by atoms with Crippen LogP contribution in [-0.4, -0.2) is 20.4 Å². The van der Waals surface area contributed by atoms with E-state index in [0.29, 0.717) is 12.0 Å². The Morgan fingerprint density at radius 1 is 0.778 bits per heavy atom. The molecule has 0 aromatic heterocycles. The minimum atomic E-state index is -0.505. The van der Waals surface area contributed by atoms with Gasteiger partial charge in [-0.25, -0.2) is 0 Å². The van der Waals surface area contributed by atoms with E-state index in [-0.39, 0.29) is 17.2 Å². The molecular formula is C14H12O4. The van der Waals surface area contributed by atoms with Crippen molar-refractivity contribution < 1.29 is 20.4 Å². The highest BCUT2D eigenvalue weighted by Gasteiger charge is 2.23. The molecule has 0 heterocycles. The third-order valence-corrected chi connectivity index (χ3v) is 3.36. The molecule has 3 rings (SSSR count). The smallest absolute Gasteiger partial charge is 0.200 e. The van der Waals surface area contributed by atoms with E-state index in [4.69, 9.17) is 0 Å². The lowest BCUT2D eigenvalue weighted by molar-refractivity contribution is 0.368. The van der Waals surface area contributed by atoms with Crippen molar-refractivity contribution in [3.8, 4) is 34.1 Å². The number of aromatic hydroxyl groups is 4. The predicted molar refractivity (Wildman–Crippen MR) is 65.9 cm³/mol. The van der Waals surface area contributed by atoms with Crippen LogP contribution in [0.3, 0.4) is 0 Å². The minimum Gasteiger partial charge on any atom is -0.508 e. The van der Waals surface area contributed by atoms with Gasteiger partial charge in [0, 0.05) is 5.56 Å². The van der Waals surface area contributed by atoms with E-state index in [9.17, 15) is 20.4 Å². The number of hydrogen-bond donors (Lipinski definition) is 4. The number of phenols is 4. The predicted octanol–water partition coefficient (Wildman–Crippen LogP) is 2.27. The topological polar surface area (TPSA) is 80.9 Å². The maximum atomic E-state index is 9.97. The normalized spacial score (nSPS) is 12.9. The zero-order valence-corrected chi connectivity index (χ0v) is 9.51. The maximum absolute atomic E-state index is 9.97. The molecule has 1 aliphatic rings. The summed E-state index contributed by atoms with van der Waals surface area (Å²) in [5.74, 6) is -0.945. The molecule has 4 N–H and O–H groups in total. The van der Waals surface area contributed by atoms with Crippen LogP contribution in [0, 0.1) is 0 Å². The maximum Gasteiger partial charge on any atom is 0.200 e. The Kier molecular flexibility index (Phi) is 2.13. The first-order valence-electron chi connectivity index (χ1n) is 5.67. The first-order valence-corrected chi connectivity index (χ1v) is 5.67. The molecule has 0 fully saturated rings. The molecule has 0 bridgehead atoms. The second-order valence-corrected chi connectivity index (χ2v) is 4.47. The second-order valence-electron chi connectivity index (χ2n) is 4.47. The van der Waals surface area contributed by atoms with Gasteiger partial charge in [-0.1, -0.05) is 6.07 Å². The Morgan fingerprint density at radius 2 is 1.50 bits per heavy atom. The number of hydrogen-bond acceptors (Lipinski definition) is 4. The molecule has 0 saturated carbocycles. The molecule has 0 unspecified atom stereocenters.